The lowest BCUT2D eigenvalue weighted by Gasteiger charge is -2.19. The molecule has 0 aliphatic carbocycles. The lowest BCUT2D eigenvalue weighted by Crippen LogP contribution is -2.42. The van der Waals surface area contributed by atoms with Crippen LogP contribution in [0, 0.1) is 5.92 Å². The number of hydrogen-bond acceptors (Lipinski definition) is 7. The third kappa shape index (κ3) is 6.01. The second-order valence-corrected chi connectivity index (χ2v) is 5.87. The highest BCUT2D eigenvalue weighted by Crippen LogP contribution is 2.28. The minimum absolute atomic E-state index is 0.210. The van der Waals surface area contributed by atoms with Gasteiger partial charge >= 0.3 is 5.97 Å². The molecular formula is C17H24N2O7. The molecule has 0 saturated heterocycles. The summed E-state index contributed by atoms with van der Waals surface area (Å²) >= 11 is 0. The zero-order chi connectivity index (χ0) is 19.7. The van der Waals surface area contributed by atoms with Crippen LogP contribution in [0.1, 0.15) is 36.0 Å². The molecule has 0 radical (unpaired) electrons. The second-order valence-electron chi connectivity index (χ2n) is 5.87. The Morgan fingerprint density at radius 2 is 1.85 bits per heavy atom. The molecule has 0 aromatic heterocycles. The number of nitrogens with one attached hydrogen (secondary N) is 1. The van der Waals surface area contributed by atoms with E-state index in [9.17, 15) is 24.6 Å². The number of aliphatic carboxylic acids is 1. The molecule has 0 heterocycles. The summed E-state index contributed by atoms with van der Waals surface area (Å²) in [6, 6.07) is 2.85. The Bertz CT molecular complexity index is 648. The first-order valence-corrected chi connectivity index (χ1v) is 8.20. The maximum Gasteiger partial charge on any atom is 0.309 e. The maximum absolute atomic E-state index is 12.4. The largest absolute Gasteiger partial charge is 0.504 e. The van der Waals surface area contributed by atoms with E-state index >= 15 is 0 Å². The smallest absolute Gasteiger partial charge is 0.309 e. The van der Waals surface area contributed by atoms with Crippen LogP contribution in [0.2, 0.25) is 0 Å². The van der Waals surface area contributed by atoms with Crippen molar-refractivity contribution >= 4 is 17.7 Å². The average molecular weight is 368 g/mol. The number of amides is 1. The van der Waals surface area contributed by atoms with Crippen molar-refractivity contribution < 1.29 is 34.8 Å². The number of phenols is 2. The van der Waals surface area contributed by atoms with Crippen molar-refractivity contribution in [2.45, 2.75) is 31.7 Å². The SMILES string of the molecule is NCCCCC(NC(=O)c1cccc(O)c1O)C(=O)CC(CO)C(=O)O. The van der Waals surface area contributed by atoms with Gasteiger partial charge in [0.05, 0.1) is 24.1 Å². The number of carboxylic acid groups (broad SMARTS) is 1. The summed E-state index contributed by atoms with van der Waals surface area (Å²) in [6.07, 6.45) is 0.931. The van der Waals surface area contributed by atoms with Gasteiger partial charge in [-0.1, -0.05) is 6.07 Å². The number of benzene rings is 1. The molecular weight excluding hydrogens is 344 g/mol. The summed E-state index contributed by atoms with van der Waals surface area (Å²) in [4.78, 5) is 35.7. The van der Waals surface area contributed by atoms with Crippen LogP contribution in [-0.2, 0) is 9.59 Å². The van der Waals surface area contributed by atoms with Gasteiger partial charge < -0.3 is 31.5 Å². The summed E-state index contributed by atoms with van der Waals surface area (Å²) in [7, 11) is 0. The number of carbonyl (C=O) groups is 3. The molecule has 2 atom stereocenters. The van der Waals surface area contributed by atoms with Gasteiger partial charge in [-0.3, -0.25) is 14.4 Å². The molecule has 26 heavy (non-hydrogen) atoms. The number of unbranched alkanes of at least 4 members (excludes halogenated alkanes) is 1. The summed E-state index contributed by atoms with van der Waals surface area (Å²) in [5.41, 5.74) is 5.21. The number of aromatic hydroxyl groups is 2. The van der Waals surface area contributed by atoms with Crippen LogP contribution in [0.3, 0.4) is 0 Å². The van der Waals surface area contributed by atoms with E-state index in [1.54, 1.807) is 0 Å². The number of carbonyl (C=O) groups excluding carboxylic acids is 2. The van der Waals surface area contributed by atoms with Crippen molar-refractivity contribution in [3.63, 3.8) is 0 Å². The van der Waals surface area contributed by atoms with E-state index in [1.165, 1.54) is 18.2 Å². The molecule has 9 nitrogen and oxygen atoms in total. The van der Waals surface area contributed by atoms with Crippen LogP contribution in [0.4, 0.5) is 0 Å². The van der Waals surface area contributed by atoms with E-state index in [-0.39, 0.29) is 12.0 Å². The first-order chi connectivity index (χ1) is 12.3. The normalized spacial score (nSPS) is 13.0. The Hall–Kier alpha value is -2.65. The molecule has 1 amide bonds. The lowest BCUT2D eigenvalue weighted by molar-refractivity contribution is -0.145. The topological polar surface area (TPSA) is 170 Å². The summed E-state index contributed by atoms with van der Waals surface area (Å²) in [6.45, 7) is -0.297. The number of hydrogen-bond donors (Lipinski definition) is 6. The number of carboxylic acids is 1. The van der Waals surface area contributed by atoms with Crippen molar-refractivity contribution in [2.24, 2.45) is 11.7 Å². The van der Waals surface area contributed by atoms with E-state index < -0.39 is 54.1 Å². The van der Waals surface area contributed by atoms with Crippen molar-refractivity contribution in [1.82, 2.24) is 5.32 Å². The highest BCUT2D eigenvalue weighted by molar-refractivity contribution is 6.00. The minimum atomic E-state index is -1.31. The standard InChI is InChI=1S/C17H24N2O7/c18-7-2-1-5-12(14(22)8-10(9-20)17(25)26)19-16(24)11-4-3-6-13(21)15(11)23/h3-4,6,10,12,20-21,23H,1-2,5,7-9,18H2,(H,19,24)(H,25,26). The van der Waals surface area contributed by atoms with E-state index in [4.69, 9.17) is 15.9 Å². The number of aliphatic hydroxyl groups excluding tert-OH is 1. The molecule has 0 aliphatic heterocycles. The molecule has 1 rings (SSSR count). The second kappa shape index (κ2) is 10.4. The molecule has 1 aromatic carbocycles. The van der Waals surface area contributed by atoms with Gasteiger partial charge in [-0.15, -0.1) is 0 Å². The van der Waals surface area contributed by atoms with E-state index in [0.717, 1.165) is 0 Å². The number of phenolic OH excluding ortho intramolecular Hbond substituents is 2. The molecule has 144 valence electrons. The van der Waals surface area contributed by atoms with Crippen molar-refractivity contribution in [2.75, 3.05) is 13.2 Å². The summed E-state index contributed by atoms with van der Waals surface area (Å²) in [5.74, 6) is -4.98. The molecule has 0 bridgehead atoms. The molecule has 2 unspecified atom stereocenters. The molecule has 0 fully saturated rings. The quantitative estimate of drug-likeness (QED) is 0.234. The summed E-state index contributed by atoms with van der Waals surface area (Å²) < 4.78 is 0. The van der Waals surface area contributed by atoms with Gasteiger partial charge in [-0.25, -0.2) is 0 Å². The molecule has 0 spiro atoms. The minimum Gasteiger partial charge on any atom is -0.504 e. The van der Waals surface area contributed by atoms with Gasteiger partial charge in [0.15, 0.2) is 17.3 Å². The fourth-order valence-corrected chi connectivity index (χ4v) is 2.37. The van der Waals surface area contributed by atoms with E-state index in [1.807, 2.05) is 0 Å². The molecule has 7 N–H and O–H groups in total. The fourth-order valence-electron chi connectivity index (χ4n) is 2.37. The van der Waals surface area contributed by atoms with Gasteiger partial charge in [0.25, 0.3) is 5.91 Å². The maximum atomic E-state index is 12.4. The number of para-hydroxylation sites is 1. The number of nitrogens with two attached hydrogens (primary N) is 1. The van der Waals surface area contributed by atoms with Gasteiger partial charge in [0.1, 0.15) is 0 Å². The van der Waals surface area contributed by atoms with Crippen LogP contribution >= 0.6 is 0 Å². The predicted molar refractivity (Wildman–Crippen MR) is 91.8 cm³/mol. The van der Waals surface area contributed by atoms with Crippen LogP contribution < -0.4 is 11.1 Å². The van der Waals surface area contributed by atoms with Gasteiger partial charge in [0.2, 0.25) is 0 Å². The lowest BCUT2D eigenvalue weighted by atomic mass is 9.95. The van der Waals surface area contributed by atoms with Gasteiger partial charge in [-0.05, 0) is 37.9 Å². The Morgan fingerprint density at radius 1 is 1.15 bits per heavy atom. The third-order valence-corrected chi connectivity index (χ3v) is 3.92. The number of Topliss-reactive ketones (excluding diaryl/α,β-unsaturated/α-hetero) is 1. The van der Waals surface area contributed by atoms with Crippen LogP contribution in [0.25, 0.3) is 0 Å². The fraction of sp³-hybridized carbons (Fsp3) is 0.471. The molecule has 9 heteroatoms. The average Bonchev–Trinajstić information content (AvgIpc) is 2.60. The Labute approximate surface area is 150 Å². The Morgan fingerprint density at radius 3 is 2.42 bits per heavy atom. The predicted octanol–water partition coefficient (Wildman–Crippen LogP) is -0.0225. The Balaban J connectivity index is 2.91. The van der Waals surface area contributed by atoms with Crippen LogP contribution in [0.5, 0.6) is 11.5 Å². The summed E-state index contributed by atoms with van der Waals surface area (Å²) in [5, 5.41) is 39.7. The van der Waals surface area contributed by atoms with Crippen LogP contribution in [0.15, 0.2) is 18.2 Å². The highest BCUT2D eigenvalue weighted by Gasteiger charge is 2.27. The van der Waals surface area contributed by atoms with Gasteiger partial charge in [0, 0.05) is 6.42 Å². The van der Waals surface area contributed by atoms with Crippen molar-refractivity contribution in [3.8, 4) is 11.5 Å². The third-order valence-electron chi connectivity index (χ3n) is 3.92. The first kappa shape index (κ1) is 21.4. The molecule has 1 aromatic rings. The van der Waals surface area contributed by atoms with E-state index in [0.29, 0.717) is 19.4 Å². The number of rotatable bonds is 11. The number of ketones is 1. The van der Waals surface area contributed by atoms with Gasteiger partial charge in [-0.2, -0.15) is 0 Å². The Kier molecular flexibility index (Phi) is 8.53. The zero-order valence-electron chi connectivity index (χ0n) is 14.2. The van der Waals surface area contributed by atoms with Crippen LogP contribution in [-0.4, -0.2) is 57.3 Å². The highest BCUT2D eigenvalue weighted by atomic mass is 16.4. The monoisotopic (exact) mass is 368 g/mol. The van der Waals surface area contributed by atoms with Crippen molar-refractivity contribution in [3.05, 3.63) is 23.8 Å². The first-order valence-electron chi connectivity index (χ1n) is 8.20. The molecule has 0 saturated carbocycles. The zero-order valence-corrected chi connectivity index (χ0v) is 14.2. The number of aliphatic hydroxyl groups is 1. The van der Waals surface area contributed by atoms with Crippen molar-refractivity contribution in [1.29, 1.82) is 0 Å². The van der Waals surface area contributed by atoms with E-state index in [2.05, 4.69) is 5.32 Å². The molecule has 0 aliphatic rings.